The fourth-order valence-corrected chi connectivity index (χ4v) is 4.92. The van der Waals surface area contributed by atoms with Gasteiger partial charge in [-0.1, -0.05) is 57.4 Å². The fraction of sp³-hybridized carbons (Fsp3) is 0.800. The summed E-state index contributed by atoms with van der Waals surface area (Å²) < 4.78 is 0. The molecule has 2 aliphatic carbocycles. The van der Waals surface area contributed by atoms with Crippen molar-refractivity contribution < 1.29 is 0 Å². The van der Waals surface area contributed by atoms with Crippen molar-refractivity contribution in [3.63, 3.8) is 0 Å². The van der Waals surface area contributed by atoms with Gasteiger partial charge in [-0.25, -0.2) is 0 Å². The zero-order valence-corrected chi connectivity index (χ0v) is 15.4. The van der Waals surface area contributed by atoms with Crippen molar-refractivity contribution in [1.29, 1.82) is 0 Å². The number of hydrogen-bond acceptors (Lipinski definition) is 0. The summed E-state index contributed by atoms with van der Waals surface area (Å²) in [7, 11) is 0. The first-order valence-corrected chi connectivity index (χ1v) is 9.27. The smallest absolute Gasteiger partial charge is 0.0406 e. The fourth-order valence-electron chi connectivity index (χ4n) is 4.66. The van der Waals surface area contributed by atoms with Crippen LogP contribution in [0.3, 0.4) is 0 Å². The highest BCUT2D eigenvalue weighted by Crippen LogP contribution is 2.58. The summed E-state index contributed by atoms with van der Waals surface area (Å²) in [6.45, 7) is 12.2. The van der Waals surface area contributed by atoms with Gasteiger partial charge in [0.15, 0.2) is 0 Å². The maximum Gasteiger partial charge on any atom is 0.0406 e. The summed E-state index contributed by atoms with van der Waals surface area (Å²) >= 11 is 5.84. The van der Waals surface area contributed by atoms with Gasteiger partial charge >= 0.3 is 0 Å². The Morgan fingerprint density at radius 3 is 2.76 bits per heavy atom. The third-order valence-electron chi connectivity index (χ3n) is 6.55. The number of halogens is 1. The molecule has 120 valence electrons. The molecule has 1 fully saturated rings. The van der Waals surface area contributed by atoms with Crippen LogP contribution in [0.1, 0.15) is 73.1 Å². The lowest BCUT2D eigenvalue weighted by Gasteiger charge is -2.53. The molecule has 0 aliphatic heterocycles. The molecule has 1 unspecified atom stereocenters. The van der Waals surface area contributed by atoms with Crippen molar-refractivity contribution in [1.82, 2.24) is 0 Å². The Kier molecular flexibility index (Phi) is 5.29. The van der Waals surface area contributed by atoms with Crippen LogP contribution < -0.4 is 0 Å². The molecule has 0 nitrogen and oxygen atoms in total. The molecule has 0 saturated heterocycles. The van der Waals surface area contributed by atoms with E-state index >= 15 is 0 Å². The zero-order valence-electron chi connectivity index (χ0n) is 14.6. The lowest BCUT2D eigenvalue weighted by atomic mass is 9.52. The topological polar surface area (TPSA) is 0 Å². The van der Waals surface area contributed by atoms with E-state index in [0.29, 0.717) is 16.7 Å². The second-order valence-corrected chi connectivity index (χ2v) is 8.64. The van der Waals surface area contributed by atoms with Gasteiger partial charge in [-0.3, -0.25) is 0 Å². The number of allylic oxidation sites excluding steroid dienone is 4. The molecule has 0 amide bonds. The van der Waals surface area contributed by atoms with Gasteiger partial charge in [0.05, 0.1) is 0 Å². The van der Waals surface area contributed by atoms with Crippen LogP contribution in [0.4, 0.5) is 0 Å². The molecule has 0 spiro atoms. The minimum atomic E-state index is 0.422. The molecule has 2 rings (SSSR count). The van der Waals surface area contributed by atoms with E-state index in [0.717, 1.165) is 11.8 Å². The van der Waals surface area contributed by atoms with Gasteiger partial charge in [0, 0.05) is 5.88 Å². The zero-order chi connectivity index (χ0) is 15.7. The quantitative estimate of drug-likeness (QED) is 0.398. The predicted molar refractivity (Wildman–Crippen MR) is 94.8 cm³/mol. The summed E-state index contributed by atoms with van der Waals surface area (Å²) in [5, 5.41) is 0. The van der Waals surface area contributed by atoms with E-state index in [4.69, 9.17) is 11.6 Å². The van der Waals surface area contributed by atoms with Gasteiger partial charge in [0.2, 0.25) is 0 Å². The van der Waals surface area contributed by atoms with E-state index < -0.39 is 0 Å². The monoisotopic (exact) mass is 308 g/mol. The second-order valence-electron chi connectivity index (χ2n) is 8.34. The average Bonchev–Trinajstić information content (AvgIpc) is 2.41. The van der Waals surface area contributed by atoms with Crippen molar-refractivity contribution in [2.24, 2.45) is 22.7 Å². The van der Waals surface area contributed by atoms with Crippen LogP contribution in [-0.2, 0) is 0 Å². The SMILES string of the molecule is C/C(=C\CCl)CC[C@@]1(C)C2CCCC(C)(C)C2=CC[C@@H]1C. The molecular formula is C20H33Cl. The molecule has 0 radical (unpaired) electrons. The first-order valence-electron chi connectivity index (χ1n) is 8.73. The summed E-state index contributed by atoms with van der Waals surface area (Å²) in [5.41, 5.74) is 4.12. The van der Waals surface area contributed by atoms with E-state index in [2.05, 4.69) is 46.8 Å². The Morgan fingerprint density at radius 1 is 1.38 bits per heavy atom. The van der Waals surface area contributed by atoms with Gasteiger partial charge in [-0.2, -0.15) is 0 Å². The van der Waals surface area contributed by atoms with Gasteiger partial charge < -0.3 is 0 Å². The van der Waals surface area contributed by atoms with Crippen LogP contribution in [0.2, 0.25) is 0 Å². The van der Waals surface area contributed by atoms with Crippen molar-refractivity contribution in [2.75, 3.05) is 5.88 Å². The highest BCUT2D eigenvalue weighted by Gasteiger charge is 2.47. The van der Waals surface area contributed by atoms with E-state index in [9.17, 15) is 0 Å². The summed E-state index contributed by atoms with van der Waals surface area (Å²) in [4.78, 5) is 0. The van der Waals surface area contributed by atoms with Gasteiger partial charge in [-0.15, -0.1) is 11.6 Å². The Balaban J connectivity index is 2.21. The maximum absolute atomic E-state index is 5.84. The molecule has 0 bridgehead atoms. The highest BCUT2D eigenvalue weighted by molar-refractivity contribution is 6.18. The molecule has 21 heavy (non-hydrogen) atoms. The van der Waals surface area contributed by atoms with Crippen molar-refractivity contribution in [3.8, 4) is 0 Å². The standard InChI is InChI=1S/C20H33Cl/c1-15(11-14-21)10-13-20(5)16(2)8-9-17-18(20)7-6-12-19(17,3)4/h9,11,16,18H,6-8,10,12-14H2,1-5H3/b15-11+/t16-,18?,20+/m0/s1. The number of fused-ring (bicyclic) bond motifs is 1. The number of alkyl halides is 1. The van der Waals surface area contributed by atoms with E-state index in [1.165, 1.54) is 44.1 Å². The molecule has 0 aromatic heterocycles. The normalized spacial score (nSPS) is 36.1. The third kappa shape index (κ3) is 3.41. The van der Waals surface area contributed by atoms with Crippen molar-refractivity contribution in [3.05, 3.63) is 23.3 Å². The molecule has 0 heterocycles. The second kappa shape index (κ2) is 6.49. The van der Waals surface area contributed by atoms with Gasteiger partial charge in [0.25, 0.3) is 0 Å². The average molecular weight is 309 g/mol. The number of rotatable bonds is 4. The highest BCUT2D eigenvalue weighted by atomic mass is 35.5. The molecule has 0 N–H and O–H groups in total. The molecule has 1 heteroatoms. The Labute approximate surface area is 137 Å². The number of hydrogen-bond donors (Lipinski definition) is 0. The maximum atomic E-state index is 5.84. The van der Waals surface area contributed by atoms with E-state index in [-0.39, 0.29) is 0 Å². The molecule has 3 atom stereocenters. The summed E-state index contributed by atoms with van der Waals surface area (Å²) in [6.07, 6.45) is 12.7. The van der Waals surface area contributed by atoms with Gasteiger partial charge in [-0.05, 0) is 61.7 Å². The molecule has 0 aromatic rings. The van der Waals surface area contributed by atoms with E-state index in [1.807, 2.05) is 0 Å². The summed E-state index contributed by atoms with van der Waals surface area (Å²) in [6, 6.07) is 0. The largest absolute Gasteiger partial charge is 0.122 e. The lowest BCUT2D eigenvalue weighted by molar-refractivity contribution is 0.0584. The van der Waals surface area contributed by atoms with Crippen molar-refractivity contribution >= 4 is 11.6 Å². The van der Waals surface area contributed by atoms with E-state index in [1.54, 1.807) is 5.57 Å². The molecule has 1 saturated carbocycles. The summed E-state index contributed by atoms with van der Waals surface area (Å²) in [5.74, 6) is 2.25. The van der Waals surface area contributed by atoms with Crippen LogP contribution in [0.5, 0.6) is 0 Å². The molecule has 2 aliphatic rings. The molecule has 0 aromatic carbocycles. The lowest BCUT2D eigenvalue weighted by Crippen LogP contribution is -2.43. The Bertz CT molecular complexity index is 429. The minimum absolute atomic E-state index is 0.422. The van der Waals surface area contributed by atoms with Crippen LogP contribution >= 0.6 is 11.6 Å². The minimum Gasteiger partial charge on any atom is -0.122 e. The van der Waals surface area contributed by atoms with Crippen LogP contribution in [0, 0.1) is 22.7 Å². The Hall–Kier alpha value is -0.230. The van der Waals surface area contributed by atoms with Crippen LogP contribution in [0.25, 0.3) is 0 Å². The van der Waals surface area contributed by atoms with Crippen molar-refractivity contribution in [2.45, 2.75) is 73.1 Å². The van der Waals surface area contributed by atoms with Crippen LogP contribution in [-0.4, -0.2) is 5.88 Å². The molecular weight excluding hydrogens is 276 g/mol. The first-order chi connectivity index (χ1) is 9.81. The predicted octanol–water partition coefficient (Wildman–Crippen LogP) is 6.75. The van der Waals surface area contributed by atoms with Crippen LogP contribution in [0.15, 0.2) is 23.3 Å². The third-order valence-corrected chi connectivity index (χ3v) is 6.70. The Morgan fingerprint density at radius 2 is 2.10 bits per heavy atom. The first kappa shape index (κ1) is 17.1. The van der Waals surface area contributed by atoms with Gasteiger partial charge in [0.1, 0.15) is 0 Å².